The van der Waals surface area contributed by atoms with Crippen LogP contribution in [0.5, 0.6) is 0 Å². The first kappa shape index (κ1) is 11.1. The second-order valence-electron chi connectivity index (χ2n) is 3.64. The maximum atomic E-state index is 5.55. The van der Waals surface area contributed by atoms with Crippen molar-refractivity contribution in [2.75, 3.05) is 13.6 Å². The normalized spacial score (nSPS) is 10.9. The summed E-state index contributed by atoms with van der Waals surface area (Å²) in [7, 11) is 2.12. The summed E-state index contributed by atoms with van der Waals surface area (Å²) < 4.78 is 0. The van der Waals surface area contributed by atoms with Crippen LogP contribution in [0.4, 0.5) is 0 Å². The van der Waals surface area contributed by atoms with Crippen molar-refractivity contribution in [1.82, 2.24) is 9.88 Å². The van der Waals surface area contributed by atoms with Crippen LogP contribution in [0.25, 0.3) is 0 Å². The number of hydrogen-bond acceptors (Lipinski definition) is 3. The van der Waals surface area contributed by atoms with Gasteiger partial charge < -0.3 is 10.6 Å². The quantitative estimate of drug-likeness (QED) is 0.768. The van der Waals surface area contributed by atoms with Crippen molar-refractivity contribution in [1.29, 1.82) is 0 Å². The highest BCUT2D eigenvalue weighted by Crippen LogP contribution is 2.05. The van der Waals surface area contributed by atoms with E-state index in [2.05, 4.69) is 29.9 Å². The molecule has 0 radical (unpaired) electrons. The van der Waals surface area contributed by atoms with E-state index in [0.717, 1.165) is 18.7 Å². The van der Waals surface area contributed by atoms with Crippen LogP contribution < -0.4 is 5.73 Å². The van der Waals surface area contributed by atoms with Crippen LogP contribution in [-0.4, -0.2) is 23.5 Å². The van der Waals surface area contributed by atoms with Gasteiger partial charge >= 0.3 is 0 Å². The van der Waals surface area contributed by atoms with Crippen molar-refractivity contribution in [2.24, 2.45) is 5.73 Å². The third kappa shape index (κ3) is 3.44. The Morgan fingerprint density at radius 2 is 2.07 bits per heavy atom. The maximum absolute atomic E-state index is 5.55. The Morgan fingerprint density at radius 1 is 1.36 bits per heavy atom. The van der Waals surface area contributed by atoms with Crippen molar-refractivity contribution in [3.05, 3.63) is 29.6 Å². The zero-order valence-electron chi connectivity index (χ0n) is 9.03. The van der Waals surface area contributed by atoms with Crippen molar-refractivity contribution >= 4 is 0 Å². The van der Waals surface area contributed by atoms with E-state index in [0.29, 0.717) is 6.54 Å². The van der Waals surface area contributed by atoms with Crippen LogP contribution in [0.3, 0.4) is 0 Å². The Labute approximate surface area is 85.9 Å². The molecule has 0 amide bonds. The van der Waals surface area contributed by atoms with Gasteiger partial charge in [-0.3, -0.25) is 4.98 Å². The summed E-state index contributed by atoms with van der Waals surface area (Å²) in [6, 6.07) is 2.12. The Hall–Kier alpha value is -0.930. The number of nitrogens with two attached hydrogens (primary N) is 1. The molecule has 1 heterocycles. The van der Waals surface area contributed by atoms with Gasteiger partial charge in [0.05, 0.1) is 0 Å². The molecular formula is C11H19N3. The maximum Gasteiger partial charge on any atom is 0.0313 e. The van der Waals surface area contributed by atoms with Crippen LogP contribution >= 0.6 is 0 Å². The topological polar surface area (TPSA) is 42.2 Å². The molecule has 0 saturated carbocycles. The first-order chi connectivity index (χ1) is 6.76. The Kier molecular flexibility index (Phi) is 4.56. The molecule has 0 fully saturated rings. The zero-order chi connectivity index (χ0) is 10.4. The molecule has 1 aromatic heterocycles. The van der Waals surface area contributed by atoms with Crippen LogP contribution in [0, 0.1) is 0 Å². The van der Waals surface area contributed by atoms with Gasteiger partial charge in [0.25, 0.3) is 0 Å². The molecule has 0 aliphatic carbocycles. The molecule has 0 aromatic carbocycles. The Morgan fingerprint density at radius 3 is 2.71 bits per heavy atom. The molecular weight excluding hydrogens is 174 g/mol. The van der Waals surface area contributed by atoms with Crippen LogP contribution in [-0.2, 0) is 13.1 Å². The molecule has 14 heavy (non-hydrogen) atoms. The van der Waals surface area contributed by atoms with Crippen molar-refractivity contribution in [3.63, 3.8) is 0 Å². The van der Waals surface area contributed by atoms with E-state index >= 15 is 0 Å². The summed E-state index contributed by atoms with van der Waals surface area (Å²) in [5.74, 6) is 0. The molecule has 2 N–H and O–H groups in total. The highest BCUT2D eigenvalue weighted by atomic mass is 15.1. The average molecular weight is 193 g/mol. The van der Waals surface area contributed by atoms with Gasteiger partial charge in [-0.1, -0.05) is 13.0 Å². The monoisotopic (exact) mass is 193 g/mol. The highest BCUT2D eigenvalue weighted by Gasteiger charge is 2.00. The standard InChI is InChI=1S/C11H19N3/c1-3-4-14(2)9-11-5-10(6-12)7-13-8-11/h5,7-8H,3-4,6,9,12H2,1-2H3. The summed E-state index contributed by atoms with van der Waals surface area (Å²) >= 11 is 0. The molecule has 0 aliphatic rings. The van der Waals surface area contributed by atoms with E-state index in [9.17, 15) is 0 Å². The molecule has 3 heteroatoms. The van der Waals surface area contributed by atoms with E-state index < -0.39 is 0 Å². The van der Waals surface area contributed by atoms with Gasteiger partial charge in [-0.2, -0.15) is 0 Å². The summed E-state index contributed by atoms with van der Waals surface area (Å²) in [6.45, 7) is 4.82. The summed E-state index contributed by atoms with van der Waals surface area (Å²) in [4.78, 5) is 6.45. The third-order valence-corrected chi connectivity index (χ3v) is 2.15. The van der Waals surface area contributed by atoms with Crippen molar-refractivity contribution in [2.45, 2.75) is 26.4 Å². The SMILES string of the molecule is CCCN(C)Cc1cncc(CN)c1. The number of nitrogens with zero attached hydrogens (tertiary/aromatic N) is 2. The lowest BCUT2D eigenvalue weighted by Gasteiger charge is -2.15. The Balaban J connectivity index is 2.57. The fraction of sp³-hybridized carbons (Fsp3) is 0.545. The zero-order valence-corrected chi connectivity index (χ0v) is 9.03. The largest absolute Gasteiger partial charge is 0.326 e. The first-order valence-corrected chi connectivity index (χ1v) is 5.07. The van der Waals surface area contributed by atoms with Gasteiger partial charge in [0.2, 0.25) is 0 Å². The number of hydrogen-bond donors (Lipinski definition) is 1. The fourth-order valence-electron chi connectivity index (χ4n) is 1.51. The summed E-state index contributed by atoms with van der Waals surface area (Å²) in [5, 5.41) is 0. The van der Waals surface area contributed by atoms with Gasteiger partial charge in [-0.05, 0) is 31.1 Å². The third-order valence-electron chi connectivity index (χ3n) is 2.15. The van der Waals surface area contributed by atoms with Crippen LogP contribution in [0.1, 0.15) is 24.5 Å². The van der Waals surface area contributed by atoms with Gasteiger partial charge in [0, 0.05) is 25.5 Å². The lowest BCUT2D eigenvalue weighted by atomic mass is 10.2. The van der Waals surface area contributed by atoms with Crippen molar-refractivity contribution < 1.29 is 0 Å². The number of rotatable bonds is 5. The molecule has 1 aromatic rings. The van der Waals surface area contributed by atoms with Crippen LogP contribution in [0.15, 0.2) is 18.5 Å². The smallest absolute Gasteiger partial charge is 0.0313 e. The lowest BCUT2D eigenvalue weighted by Crippen LogP contribution is -2.18. The lowest BCUT2D eigenvalue weighted by molar-refractivity contribution is 0.327. The molecule has 0 bridgehead atoms. The average Bonchev–Trinajstić information content (AvgIpc) is 2.18. The minimum absolute atomic E-state index is 0.568. The fourth-order valence-corrected chi connectivity index (χ4v) is 1.51. The van der Waals surface area contributed by atoms with Gasteiger partial charge in [0.1, 0.15) is 0 Å². The molecule has 1 rings (SSSR count). The molecule has 3 nitrogen and oxygen atoms in total. The van der Waals surface area contributed by atoms with E-state index in [1.54, 1.807) is 0 Å². The number of aromatic nitrogens is 1. The van der Waals surface area contributed by atoms with E-state index in [1.165, 1.54) is 12.0 Å². The minimum atomic E-state index is 0.568. The summed E-state index contributed by atoms with van der Waals surface area (Å²) in [5.41, 5.74) is 7.90. The highest BCUT2D eigenvalue weighted by molar-refractivity contribution is 5.17. The second-order valence-corrected chi connectivity index (χ2v) is 3.64. The molecule has 0 aliphatic heterocycles. The van der Waals surface area contributed by atoms with E-state index in [4.69, 9.17) is 5.73 Å². The molecule has 0 atom stereocenters. The summed E-state index contributed by atoms with van der Waals surface area (Å²) in [6.07, 6.45) is 4.91. The molecule has 0 spiro atoms. The predicted molar refractivity (Wildman–Crippen MR) is 58.8 cm³/mol. The van der Waals surface area contributed by atoms with Gasteiger partial charge in [0.15, 0.2) is 0 Å². The van der Waals surface area contributed by atoms with Crippen LogP contribution in [0.2, 0.25) is 0 Å². The first-order valence-electron chi connectivity index (χ1n) is 5.07. The molecule has 0 unspecified atom stereocenters. The second kappa shape index (κ2) is 5.73. The van der Waals surface area contributed by atoms with Crippen molar-refractivity contribution in [3.8, 4) is 0 Å². The van der Waals surface area contributed by atoms with E-state index in [1.807, 2.05) is 12.4 Å². The number of pyridine rings is 1. The van der Waals surface area contributed by atoms with Gasteiger partial charge in [-0.15, -0.1) is 0 Å². The Bertz CT molecular complexity index is 273. The molecule has 0 saturated heterocycles. The molecule has 78 valence electrons. The predicted octanol–water partition coefficient (Wildman–Crippen LogP) is 1.38. The van der Waals surface area contributed by atoms with E-state index in [-0.39, 0.29) is 0 Å². The van der Waals surface area contributed by atoms with Gasteiger partial charge in [-0.25, -0.2) is 0 Å². The minimum Gasteiger partial charge on any atom is -0.326 e.